The minimum atomic E-state index is -3.93. The summed E-state index contributed by atoms with van der Waals surface area (Å²) in [6.45, 7) is -0.0702. The average molecular weight is 770 g/mol. The fourth-order valence-corrected chi connectivity index (χ4v) is 8.91. The lowest BCUT2D eigenvalue weighted by molar-refractivity contribution is -0.141. The molecule has 0 radical (unpaired) electrons. The largest absolute Gasteiger partial charge is 0.444 e. The van der Waals surface area contributed by atoms with Crippen molar-refractivity contribution in [3.63, 3.8) is 0 Å². The van der Waals surface area contributed by atoms with Crippen molar-refractivity contribution in [2.75, 3.05) is 6.54 Å². The third kappa shape index (κ3) is 7.91. The molecule has 3 N–H and O–H groups in total. The third-order valence-electron chi connectivity index (χ3n) is 10.7. The molecule has 3 aliphatic heterocycles. The van der Waals surface area contributed by atoms with Crippen LogP contribution >= 0.6 is 11.6 Å². The van der Waals surface area contributed by atoms with Gasteiger partial charge in [0.1, 0.15) is 29.5 Å². The van der Waals surface area contributed by atoms with Gasteiger partial charge in [-0.05, 0) is 74.4 Å². The van der Waals surface area contributed by atoms with Gasteiger partial charge in [0.25, 0.3) is 11.8 Å². The monoisotopic (exact) mass is 769 g/mol. The summed E-state index contributed by atoms with van der Waals surface area (Å²) in [6, 6.07) is 8.50. The minimum Gasteiger partial charge on any atom is -0.444 e. The Morgan fingerprint density at radius 2 is 1.77 bits per heavy atom. The molecule has 0 bridgehead atoms. The molecule has 53 heavy (non-hydrogen) atoms. The van der Waals surface area contributed by atoms with Gasteiger partial charge in [0.15, 0.2) is 0 Å². The molecular weight excluding hydrogens is 729 g/mol. The van der Waals surface area contributed by atoms with E-state index in [1.807, 2.05) is 12.2 Å². The maximum atomic E-state index is 14.4. The second-order valence-corrected chi connectivity index (χ2v) is 16.9. The van der Waals surface area contributed by atoms with Gasteiger partial charge in [0.05, 0.1) is 18.3 Å². The maximum Gasteiger partial charge on any atom is 0.410 e. The van der Waals surface area contributed by atoms with Gasteiger partial charge >= 0.3 is 6.09 Å². The van der Waals surface area contributed by atoms with Crippen LogP contribution in [0, 0.1) is 11.7 Å². The van der Waals surface area contributed by atoms with E-state index in [-0.39, 0.29) is 44.5 Å². The number of benzene rings is 2. The van der Waals surface area contributed by atoms with Crippen LogP contribution in [0.25, 0.3) is 0 Å². The van der Waals surface area contributed by atoms with E-state index in [0.717, 1.165) is 12.8 Å². The van der Waals surface area contributed by atoms with Crippen molar-refractivity contribution in [1.29, 1.82) is 0 Å². The molecule has 1 saturated heterocycles. The van der Waals surface area contributed by atoms with E-state index in [4.69, 9.17) is 16.3 Å². The Kier molecular flexibility index (Phi) is 10.2. The summed E-state index contributed by atoms with van der Waals surface area (Å²) in [4.78, 5) is 71.6. The van der Waals surface area contributed by atoms with Crippen molar-refractivity contribution >= 4 is 51.3 Å². The summed E-state index contributed by atoms with van der Waals surface area (Å²) in [5.41, 5.74) is -0.247. The lowest BCUT2D eigenvalue weighted by atomic mass is 10.0. The summed E-state index contributed by atoms with van der Waals surface area (Å²) < 4.78 is 48.0. The van der Waals surface area contributed by atoms with E-state index in [9.17, 15) is 36.8 Å². The van der Waals surface area contributed by atoms with Gasteiger partial charge in [0.2, 0.25) is 21.8 Å². The van der Waals surface area contributed by atoms with E-state index in [1.54, 1.807) is 24.3 Å². The number of carbonyl (C=O) groups is 5. The van der Waals surface area contributed by atoms with E-state index >= 15 is 0 Å². The van der Waals surface area contributed by atoms with Gasteiger partial charge in [-0.1, -0.05) is 48.7 Å². The Balaban J connectivity index is 1.15. The third-order valence-corrected chi connectivity index (χ3v) is 12.8. The van der Waals surface area contributed by atoms with Crippen molar-refractivity contribution in [1.82, 2.24) is 25.2 Å². The summed E-state index contributed by atoms with van der Waals surface area (Å²) in [6.07, 6.45) is 5.92. The van der Waals surface area contributed by atoms with E-state index in [2.05, 4.69) is 15.4 Å². The van der Waals surface area contributed by atoms with Crippen LogP contribution in [0.4, 0.5) is 9.18 Å². The SMILES string of the molecule is O=C(N[C@H]1CCCCCC=C[C@@H]2C[C@@]2(C(=O)NS(=O)(=O)C2CC2)NC(=O)[C@@H]2C[C@@H](OC(=O)N3Cc4cccc(F)c4C3)CN2C1=O)c1ccc(Cl)cc1. The number of amides is 5. The number of allylic oxidation sites excluding steroid dienone is 1. The first kappa shape index (κ1) is 36.8. The zero-order valence-electron chi connectivity index (χ0n) is 28.9. The number of sulfonamides is 1. The first-order chi connectivity index (χ1) is 25.3. The van der Waals surface area contributed by atoms with Gasteiger partial charge in [-0.15, -0.1) is 0 Å². The van der Waals surface area contributed by atoms with Gasteiger partial charge in [-0.2, -0.15) is 0 Å². The van der Waals surface area contributed by atoms with E-state index in [0.29, 0.717) is 41.8 Å². The summed E-state index contributed by atoms with van der Waals surface area (Å²) >= 11 is 6.01. The van der Waals surface area contributed by atoms with Crippen LogP contribution in [-0.2, 0) is 42.2 Å². The van der Waals surface area contributed by atoms with Gasteiger partial charge in [-0.3, -0.25) is 28.8 Å². The highest BCUT2D eigenvalue weighted by molar-refractivity contribution is 7.91. The Bertz CT molecular complexity index is 1960. The predicted molar refractivity (Wildman–Crippen MR) is 190 cm³/mol. The smallest absolute Gasteiger partial charge is 0.410 e. The molecule has 0 aromatic heterocycles. The van der Waals surface area contributed by atoms with E-state index < -0.39 is 80.5 Å². The number of halogens is 2. The Hall–Kier alpha value is -4.50. The number of hydrogen-bond donors (Lipinski definition) is 3. The highest BCUT2D eigenvalue weighted by atomic mass is 35.5. The van der Waals surface area contributed by atoms with Crippen LogP contribution in [-0.4, -0.2) is 83.5 Å². The summed E-state index contributed by atoms with van der Waals surface area (Å²) in [5, 5.41) is 5.39. The summed E-state index contributed by atoms with van der Waals surface area (Å²) in [7, 11) is -3.93. The number of rotatable bonds is 6. The van der Waals surface area contributed by atoms with Crippen LogP contribution in [0.1, 0.15) is 79.3 Å². The number of hydrogen-bond acceptors (Lipinski definition) is 8. The standard InChI is InChI=1S/C37H41ClFN5O8S/c38-25-13-11-22(12-14-25)32(45)40-30-10-5-3-1-2-4-8-24-18-37(24,35(48)42-53(50,51)27-15-16-27)41-33(46)31-17-26(20-44(31)34(30)47)52-36(49)43-19-23-7-6-9-29(39)28(23)21-43/h4,6-9,11-14,24,26-27,30-31H,1-3,5,10,15-21H2,(H,40,45)(H,41,46)(H,42,48)/t24-,26-,30+,31+,37-/m1/s1. The molecule has 282 valence electrons. The van der Waals surface area contributed by atoms with Crippen molar-refractivity contribution in [3.05, 3.63) is 82.1 Å². The lowest BCUT2D eigenvalue weighted by Gasteiger charge is -2.30. The lowest BCUT2D eigenvalue weighted by Crippen LogP contribution is -2.58. The Morgan fingerprint density at radius 3 is 2.51 bits per heavy atom. The molecule has 2 saturated carbocycles. The molecule has 2 aliphatic carbocycles. The fraction of sp³-hybridized carbons (Fsp3) is 0.486. The van der Waals surface area contributed by atoms with Gasteiger partial charge in [0, 0.05) is 35.0 Å². The second-order valence-electron chi connectivity index (χ2n) is 14.5. The Morgan fingerprint density at radius 1 is 1.00 bits per heavy atom. The van der Waals surface area contributed by atoms with Crippen LogP contribution in [0.15, 0.2) is 54.6 Å². The van der Waals surface area contributed by atoms with Crippen molar-refractivity contribution in [2.45, 2.75) is 99.9 Å². The summed E-state index contributed by atoms with van der Waals surface area (Å²) in [5.74, 6) is -3.57. The molecule has 3 fully saturated rings. The molecule has 13 nitrogen and oxygen atoms in total. The Labute approximate surface area is 311 Å². The number of carbonyl (C=O) groups excluding carboxylic acids is 5. The minimum absolute atomic E-state index is 0.00474. The number of nitrogens with one attached hydrogen (secondary N) is 3. The van der Waals surface area contributed by atoms with Crippen LogP contribution in [0.2, 0.25) is 5.02 Å². The highest BCUT2D eigenvalue weighted by Crippen LogP contribution is 2.46. The van der Waals surface area contributed by atoms with E-state index in [1.165, 1.54) is 28.0 Å². The molecule has 3 heterocycles. The first-order valence-electron chi connectivity index (χ1n) is 18.0. The van der Waals surface area contributed by atoms with Gasteiger partial charge < -0.3 is 20.3 Å². The number of ether oxygens (including phenoxy) is 1. The highest BCUT2D eigenvalue weighted by Gasteiger charge is 2.62. The van der Waals surface area contributed by atoms with Crippen LogP contribution < -0.4 is 15.4 Å². The van der Waals surface area contributed by atoms with Crippen molar-refractivity contribution in [3.8, 4) is 0 Å². The molecule has 0 unspecified atom stereocenters. The molecule has 5 atom stereocenters. The quantitative estimate of drug-likeness (QED) is 0.374. The predicted octanol–water partition coefficient (Wildman–Crippen LogP) is 3.70. The molecule has 2 aromatic rings. The van der Waals surface area contributed by atoms with Crippen molar-refractivity contribution < 1.29 is 41.5 Å². The zero-order chi connectivity index (χ0) is 37.5. The number of nitrogens with zero attached hydrogens (tertiary/aromatic N) is 2. The molecule has 5 amide bonds. The zero-order valence-corrected chi connectivity index (χ0v) is 30.5. The molecule has 16 heteroatoms. The molecule has 0 spiro atoms. The van der Waals surface area contributed by atoms with Crippen LogP contribution in [0.3, 0.4) is 0 Å². The topological polar surface area (TPSA) is 171 Å². The van der Waals surface area contributed by atoms with Crippen molar-refractivity contribution in [2.24, 2.45) is 5.92 Å². The van der Waals surface area contributed by atoms with Crippen LogP contribution in [0.5, 0.6) is 0 Å². The fourth-order valence-electron chi connectivity index (χ4n) is 7.42. The van der Waals surface area contributed by atoms with Gasteiger partial charge in [-0.25, -0.2) is 17.6 Å². The molecule has 2 aromatic carbocycles. The average Bonchev–Trinajstić information content (AvgIpc) is 4.01. The second kappa shape index (κ2) is 14.7. The molecule has 5 aliphatic rings. The molecule has 7 rings (SSSR count). The first-order valence-corrected chi connectivity index (χ1v) is 19.9. The number of fused-ring (bicyclic) bond motifs is 3. The normalized spacial score (nSPS) is 27.4. The maximum absolute atomic E-state index is 14.4. The molecular formula is C37H41ClFN5O8S.